The minimum absolute atomic E-state index is 0.997. The van der Waals surface area contributed by atoms with Crippen LogP contribution in [0.3, 0.4) is 0 Å². The largest absolute Gasteiger partial charge is 0.313 e. The van der Waals surface area contributed by atoms with Gasteiger partial charge in [-0.15, -0.1) is 11.8 Å². The van der Waals surface area contributed by atoms with Gasteiger partial charge in [-0.05, 0) is 63.3 Å². The monoisotopic (exact) mass is 264 g/mol. The highest BCUT2D eigenvalue weighted by molar-refractivity contribution is 7.98. The fraction of sp³-hybridized carbons (Fsp3) is 0.600. The molecule has 1 fully saturated rings. The van der Waals surface area contributed by atoms with Gasteiger partial charge >= 0.3 is 0 Å². The highest BCUT2D eigenvalue weighted by atomic mass is 32.2. The van der Waals surface area contributed by atoms with Gasteiger partial charge in [0, 0.05) is 11.4 Å². The van der Waals surface area contributed by atoms with Crippen LogP contribution in [0.4, 0.5) is 0 Å². The van der Waals surface area contributed by atoms with Gasteiger partial charge in [0.25, 0.3) is 0 Å². The lowest BCUT2D eigenvalue weighted by Crippen LogP contribution is -2.24. The van der Waals surface area contributed by atoms with E-state index in [9.17, 15) is 0 Å². The molecule has 2 nitrogen and oxygen atoms in total. The van der Waals surface area contributed by atoms with Crippen molar-refractivity contribution in [1.29, 1.82) is 0 Å². The molecule has 0 aromatic heterocycles. The summed E-state index contributed by atoms with van der Waals surface area (Å²) in [6.45, 7) is 6.01. The van der Waals surface area contributed by atoms with E-state index < -0.39 is 0 Å². The number of benzene rings is 1. The van der Waals surface area contributed by atoms with Gasteiger partial charge in [-0.2, -0.15) is 0 Å². The van der Waals surface area contributed by atoms with E-state index >= 15 is 0 Å². The minimum atomic E-state index is 0.997. The van der Waals surface area contributed by atoms with E-state index in [2.05, 4.69) is 40.7 Å². The van der Waals surface area contributed by atoms with Crippen LogP contribution in [-0.2, 0) is 6.54 Å². The maximum atomic E-state index is 3.56. The molecule has 18 heavy (non-hydrogen) atoms. The molecule has 1 heterocycles. The summed E-state index contributed by atoms with van der Waals surface area (Å²) in [5.41, 5.74) is 1.42. The number of hydrogen-bond donors (Lipinski definition) is 1. The lowest BCUT2D eigenvalue weighted by molar-refractivity contribution is 0.331. The zero-order chi connectivity index (χ0) is 12.6. The van der Waals surface area contributed by atoms with E-state index in [4.69, 9.17) is 0 Å². The normalized spacial score (nSPS) is 16.3. The van der Waals surface area contributed by atoms with Crippen LogP contribution in [0.2, 0.25) is 0 Å². The van der Waals surface area contributed by atoms with Gasteiger partial charge in [0.1, 0.15) is 0 Å². The van der Waals surface area contributed by atoms with Gasteiger partial charge in [0.05, 0.1) is 0 Å². The second-order valence-corrected chi connectivity index (χ2v) is 5.74. The van der Waals surface area contributed by atoms with Gasteiger partial charge in [0.15, 0.2) is 0 Å². The molecule has 1 aliphatic heterocycles. The van der Waals surface area contributed by atoms with Gasteiger partial charge in [-0.3, -0.25) is 0 Å². The first-order chi connectivity index (χ1) is 8.90. The van der Waals surface area contributed by atoms with E-state index in [1.165, 1.54) is 49.4 Å². The number of thioether (sulfide) groups is 1. The predicted octanol–water partition coefficient (Wildman–Crippen LogP) is 2.98. The molecule has 0 bridgehead atoms. The van der Waals surface area contributed by atoms with Crippen molar-refractivity contribution in [2.24, 2.45) is 0 Å². The molecule has 0 radical (unpaired) electrons. The van der Waals surface area contributed by atoms with E-state index in [0.29, 0.717) is 0 Å². The van der Waals surface area contributed by atoms with Crippen LogP contribution >= 0.6 is 11.8 Å². The standard InChI is InChI=1S/C15H24N2S/c1-18-15-8-3-2-7-14(15)13-16-9-6-12-17-10-4-5-11-17/h2-3,7-8,16H,4-6,9-13H2,1H3. The Balaban J connectivity index is 1.62. The van der Waals surface area contributed by atoms with Crippen molar-refractivity contribution in [3.63, 3.8) is 0 Å². The molecule has 0 unspecified atom stereocenters. The van der Waals surface area contributed by atoms with Crippen LogP contribution < -0.4 is 5.32 Å². The lowest BCUT2D eigenvalue weighted by atomic mass is 10.2. The van der Waals surface area contributed by atoms with Gasteiger partial charge in [0.2, 0.25) is 0 Å². The Kier molecular flexibility index (Phi) is 6.05. The van der Waals surface area contributed by atoms with E-state index in [1.807, 2.05) is 11.8 Å². The second kappa shape index (κ2) is 7.82. The minimum Gasteiger partial charge on any atom is -0.313 e. The third-order valence-electron chi connectivity index (χ3n) is 3.53. The molecule has 1 saturated heterocycles. The summed E-state index contributed by atoms with van der Waals surface area (Å²) in [5, 5.41) is 3.56. The van der Waals surface area contributed by atoms with Crippen molar-refractivity contribution in [2.75, 3.05) is 32.4 Å². The maximum absolute atomic E-state index is 3.56. The van der Waals surface area contributed by atoms with Crippen molar-refractivity contribution in [1.82, 2.24) is 10.2 Å². The van der Waals surface area contributed by atoms with Crippen molar-refractivity contribution < 1.29 is 0 Å². The van der Waals surface area contributed by atoms with Crippen molar-refractivity contribution in [3.05, 3.63) is 29.8 Å². The van der Waals surface area contributed by atoms with Crippen LogP contribution in [0.1, 0.15) is 24.8 Å². The first-order valence-electron chi connectivity index (χ1n) is 6.95. The average Bonchev–Trinajstić information content (AvgIpc) is 2.92. The van der Waals surface area contributed by atoms with Crippen molar-refractivity contribution in [3.8, 4) is 0 Å². The summed E-state index contributed by atoms with van der Waals surface area (Å²) in [5.74, 6) is 0. The Morgan fingerprint density at radius 3 is 2.78 bits per heavy atom. The number of likely N-dealkylation sites (tertiary alicyclic amines) is 1. The fourth-order valence-electron chi connectivity index (χ4n) is 2.51. The molecule has 1 aromatic rings. The second-order valence-electron chi connectivity index (χ2n) is 4.89. The molecule has 0 spiro atoms. The SMILES string of the molecule is CSc1ccccc1CNCCCN1CCCC1. The Labute approximate surface area is 115 Å². The highest BCUT2D eigenvalue weighted by Gasteiger charge is 2.09. The Hall–Kier alpha value is -0.510. The van der Waals surface area contributed by atoms with Crippen LogP contribution in [0.5, 0.6) is 0 Å². The number of nitrogens with one attached hydrogen (secondary N) is 1. The topological polar surface area (TPSA) is 15.3 Å². The smallest absolute Gasteiger partial charge is 0.0216 e. The average molecular weight is 264 g/mol. The quantitative estimate of drug-likeness (QED) is 0.602. The summed E-state index contributed by atoms with van der Waals surface area (Å²) in [7, 11) is 0. The van der Waals surface area contributed by atoms with Crippen LogP contribution in [0, 0.1) is 0 Å². The summed E-state index contributed by atoms with van der Waals surface area (Å²) in [6, 6.07) is 8.66. The summed E-state index contributed by atoms with van der Waals surface area (Å²) in [4.78, 5) is 3.97. The van der Waals surface area contributed by atoms with E-state index in [-0.39, 0.29) is 0 Å². The summed E-state index contributed by atoms with van der Waals surface area (Å²) >= 11 is 1.83. The molecule has 2 rings (SSSR count). The number of rotatable bonds is 7. The predicted molar refractivity (Wildman–Crippen MR) is 80.2 cm³/mol. The van der Waals surface area contributed by atoms with Gasteiger partial charge < -0.3 is 10.2 Å². The number of nitrogens with zero attached hydrogens (tertiary/aromatic N) is 1. The molecule has 0 saturated carbocycles. The molecular formula is C15H24N2S. The fourth-order valence-corrected chi connectivity index (χ4v) is 3.12. The Morgan fingerprint density at radius 1 is 1.22 bits per heavy atom. The third kappa shape index (κ3) is 4.30. The maximum Gasteiger partial charge on any atom is 0.0216 e. The lowest BCUT2D eigenvalue weighted by Gasteiger charge is -2.14. The molecule has 0 aliphatic carbocycles. The molecule has 1 aliphatic rings. The van der Waals surface area contributed by atoms with Crippen molar-refractivity contribution in [2.45, 2.75) is 30.7 Å². The van der Waals surface area contributed by atoms with E-state index in [0.717, 1.165) is 13.1 Å². The third-order valence-corrected chi connectivity index (χ3v) is 4.37. The summed E-state index contributed by atoms with van der Waals surface area (Å²) in [6.07, 6.45) is 6.21. The molecule has 1 aromatic carbocycles. The zero-order valence-electron chi connectivity index (χ0n) is 11.3. The van der Waals surface area contributed by atoms with Crippen LogP contribution in [0.25, 0.3) is 0 Å². The first-order valence-corrected chi connectivity index (χ1v) is 8.17. The molecule has 100 valence electrons. The van der Waals surface area contributed by atoms with Gasteiger partial charge in [-0.1, -0.05) is 18.2 Å². The molecule has 3 heteroatoms. The Morgan fingerprint density at radius 2 is 2.00 bits per heavy atom. The van der Waals surface area contributed by atoms with E-state index in [1.54, 1.807) is 0 Å². The summed E-state index contributed by atoms with van der Waals surface area (Å²) < 4.78 is 0. The van der Waals surface area contributed by atoms with Crippen LogP contribution in [0.15, 0.2) is 29.2 Å². The van der Waals surface area contributed by atoms with Gasteiger partial charge in [-0.25, -0.2) is 0 Å². The van der Waals surface area contributed by atoms with Crippen molar-refractivity contribution >= 4 is 11.8 Å². The molecule has 1 N–H and O–H groups in total. The highest BCUT2D eigenvalue weighted by Crippen LogP contribution is 2.19. The zero-order valence-corrected chi connectivity index (χ0v) is 12.1. The van der Waals surface area contributed by atoms with Crippen LogP contribution in [-0.4, -0.2) is 37.3 Å². The Bertz CT molecular complexity index is 348. The number of hydrogen-bond acceptors (Lipinski definition) is 3. The molecule has 0 atom stereocenters. The first kappa shape index (κ1) is 13.9. The molecule has 0 amide bonds. The molecular weight excluding hydrogens is 240 g/mol.